The van der Waals surface area contributed by atoms with Gasteiger partial charge in [-0.3, -0.25) is 0 Å². The van der Waals surface area contributed by atoms with Gasteiger partial charge in [-0.15, -0.1) is 0 Å². The highest BCUT2D eigenvalue weighted by Gasteiger charge is 2.19. The monoisotopic (exact) mass is 148 g/mol. The minimum absolute atomic E-state index is 0.0252. The molecule has 0 radical (unpaired) electrons. The third-order valence-electron chi connectivity index (χ3n) is 1.34. The fourth-order valence-corrected chi connectivity index (χ4v) is 0.840. The van der Waals surface area contributed by atoms with Crippen molar-refractivity contribution < 1.29 is 19.7 Å². The van der Waals surface area contributed by atoms with Crippen LogP contribution in [0, 0.1) is 0 Å². The summed E-state index contributed by atoms with van der Waals surface area (Å²) in [5.74, 6) is 0. The molecule has 1 fully saturated rings. The van der Waals surface area contributed by atoms with Crippen LogP contribution >= 0.6 is 0 Å². The topological polar surface area (TPSA) is 58.9 Å². The van der Waals surface area contributed by atoms with Crippen LogP contribution in [0.1, 0.15) is 12.8 Å². The Morgan fingerprint density at radius 1 is 1.50 bits per heavy atom. The molecular formula is C6H12O4. The summed E-state index contributed by atoms with van der Waals surface area (Å²) in [6.07, 6.45) is -0.196. The second kappa shape index (κ2) is 3.88. The maximum atomic E-state index is 8.92. The Balaban J connectivity index is 2.18. The molecule has 4 heteroatoms. The first-order valence-electron chi connectivity index (χ1n) is 3.39. The van der Waals surface area contributed by atoms with Crippen molar-refractivity contribution in [3.63, 3.8) is 0 Å². The third-order valence-corrected chi connectivity index (χ3v) is 1.34. The maximum Gasteiger partial charge on any atom is 0.162 e. The number of hydrogen-bond acceptors (Lipinski definition) is 4. The number of rotatable bonds is 2. The van der Waals surface area contributed by atoms with Crippen LogP contribution in [0.2, 0.25) is 0 Å². The van der Waals surface area contributed by atoms with Crippen molar-refractivity contribution in [2.45, 2.75) is 25.4 Å². The molecule has 4 nitrogen and oxygen atoms in total. The standard InChI is InChI=1S/C6H12O4/c7-3-1-6-9-4-2-5(8)10-6/h5-8H,1-4H2/t5-,6+/m1/s1. The lowest BCUT2D eigenvalue weighted by molar-refractivity contribution is -0.272. The van der Waals surface area contributed by atoms with E-state index in [0.717, 1.165) is 0 Å². The predicted molar refractivity (Wildman–Crippen MR) is 33.2 cm³/mol. The second-order valence-corrected chi connectivity index (χ2v) is 2.19. The van der Waals surface area contributed by atoms with Gasteiger partial charge in [0.05, 0.1) is 6.61 Å². The zero-order valence-electron chi connectivity index (χ0n) is 5.69. The van der Waals surface area contributed by atoms with E-state index in [1.165, 1.54) is 0 Å². The summed E-state index contributed by atoms with van der Waals surface area (Å²) in [5, 5.41) is 17.4. The molecule has 0 aliphatic carbocycles. The molecule has 10 heavy (non-hydrogen) atoms. The smallest absolute Gasteiger partial charge is 0.162 e. The molecule has 60 valence electrons. The van der Waals surface area contributed by atoms with Gasteiger partial charge in [-0.2, -0.15) is 0 Å². The van der Waals surface area contributed by atoms with Gasteiger partial charge in [0.25, 0.3) is 0 Å². The summed E-state index contributed by atoms with van der Waals surface area (Å²) < 4.78 is 9.95. The van der Waals surface area contributed by atoms with E-state index in [1.54, 1.807) is 0 Å². The van der Waals surface area contributed by atoms with Gasteiger partial charge in [0.15, 0.2) is 12.6 Å². The van der Waals surface area contributed by atoms with Crippen LogP contribution in [0.15, 0.2) is 0 Å². The highest BCUT2D eigenvalue weighted by molar-refractivity contribution is 4.53. The maximum absolute atomic E-state index is 8.92. The molecule has 2 N–H and O–H groups in total. The molecule has 1 rings (SSSR count). The fourth-order valence-electron chi connectivity index (χ4n) is 0.840. The molecule has 0 saturated carbocycles. The molecule has 0 spiro atoms. The van der Waals surface area contributed by atoms with Gasteiger partial charge >= 0.3 is 0 Å². The molecule has 0 unspecified atom stereocenters. The van der Waals surface area contributed by atoms with E-state index in [1.807, 2.05) is 0 Å². The summed E-state index contributed by atoms with van der Waals surface area (Å²) in [6, 6.07) is 0. The van der Waals surface area contributed by atoms with E-state index in [-0.39, 0.29) is 6.61 Å². The highest BCUT2D eigenvalue weighted by atomic mass is 16.7. The molecule has 2 atom stereocenters. The van der Waals surface area contributed by atoms with E-state index >= 15 is 0 Å². The Kier molecular flexibility index (Phi) is 3.08. The van der Waals surface area contributed by atoms with E-state index in [2.05, 4.69) is 0 Å². The number of aliphatic hydroxyl groups is 2. The Bertz CT molecular complexity index is 93.7. The van der Waals surface area contributed by atoms with E-state index in [9.17, 15) is 0 Å². The Morgan fingerprint density at radius 2 is 2.30 bits per heavy atom. The van der Waals surface area contributed by atoms with Crippen LogP contribution < -0.4 is 0 Å². The third kappa shape index (κ3) is 2.22. The molecule has 0 aromatic carbocycles. The molecule has 1 saturated heterocycles. The van der Waals surface area contributed by atoms with Crippen molar-refractivity contribution in [2.24, 2.45) is 0 Å². The Hall–Kier alpha value is -0.160. The average molecular weight is 148 g/mol. The minimum Gasteiger partial charge on any atom is -0.396 e. The lowest BCUT2D eigenvalue weighted by Gasteiger charge is -2.26. The lowest BCUT2D eigenvalue weighted by atomic mass is 10.3. The van der Waals surface area contributed by atoms with Crippen molar-refractivity contribution >= 4 is 0 Å². The molecule has 0 amide bonds. The van der Waals surface area contributed by atoms with Crippen molar-refractivity contribution in [3.8, 4) is 0 Å². The predicted octanol–water partition coefficient (Wildman–Crippen LogP) is -0.550. The molecular weight excluding hydrogens is 136 g/mol. The van der Waals surface area contributed by atoms with Gasteiger partial charge in [-0.05, 0) is 0 Å². The molecule has 1 aliphatic rings. The van der Waals surface area contributed by atoms with Gasteiger partial charge in [0, 0.05) is 19.4 Å². The van der Waals surface area contributed by atoms with Gasteiger partial charge in [0.2, 0.25) is 0 Å². The molecule has 1 heterocycles. The van der Waals surface area contributed by atoms with Gasteiger partial charge in [0.1, 0.15) is 0 Å². The first-order valence-corrected chi connectivity index (χ1v) is 3.39. The largest absolute Gasteiger partial charge is 0.396 e. The Morgan fingerprint density at radius 3 is 2.90 bits per heavy atom. The average Bonchev–Trinajstić information content (AvgIpc) is 1.88. The van der Waals surface area contributed by atoms with Crippen LogP contribution in [0.25, 0.3) is 0 Å². The summed E-state index contributed by atoms with van der Waals surface area (Å²) in [4.78, 5) is 0. The number of hydrogen-bond donors (Lipinski definition) is 2. The van der Waals surface area contributed by atoms with Crippen LogP contribution in [-0.4, -0.2) is 36.0 Å². The summed E-state index contributed by atoms with van der Waals surface area (Å²) >= 11 is 0. The van der Waals surface area contributed by atoms with Gasteiger partial charge in [-0.25, -0.2) is 0 Å². The highest BCUT2D eigenvalue weighted by Crippen LogP contribution is 2.11. The lowest BCUT2D eigenvalue weighted by Crippen LogP contribution is -2.32. The summed E-state index contributed by atoms with van der Waals surface area (Å²) in [5.41, 5.74) is 0. The minimum atomic E-state index is -0.717. The molecule has 0 aromatic rings. The van der Waals surface area contributed by atoms with Crippen LogP contribution in [0.5, 0.6) is 0 Å². The first kappa shape index (κ1) is 7.94. The summed E-state index contributed by atoms with van der Waals surface area (Å²) in [6.45, 7) is 0.531. The zero-order chi connectivity index (χ0) is 7.40. The summed E-state index contributed by atoms with van der Waals surface area (Å²) in [7, 11) is 0. The Labute approximate surface area is 59.4 Å². The zero-order valence-corrected chi connectivity index (χ0v) is 5.69. The first-order chi connectivity index (χ1) is 4.83. The number of ether oxygens (including phenoxy) is 2. The van der Waals surface area contributed by atoms with Crippen molar-refractivity contribution in [1.82, 2.24) is 0 Å². The molecule has 1 aliphatic heterocycles. The second-order valence-electron chi connectivity index (χ2n) is 2.19. The normalized spacial score (nSPS) is 34.2. The van der Waals surface area contributed by atoms with Crippen molar-refractivity contribution in [1.29, 1.82) is 0 Å². The van der Waals surface area contributed by atoms with Crippen molar-refractivity contribution in [3.05, 3.63) is 0 Å². The molecule has 0 bridgehead atoms. The quantitative estimate of drug-likeness (QED) is 0.551. The molecule has 0 aromatic heterocycles. The van der Waals surface area contributed by atoms with Crippen molar-refractivity contribution in [2.75, 3.05) is 13.2 Å². The van der Waals surface area contributed by atoms with E-state index in [0.29, 0.717) is 19.4 Å². The fraction of sp³-hybridized carbons (Fsp3) is 1.00. The van der Waals surface area contributed by atoms with Crippen LogP contribution in [0.4, 0.5) is 0 Å². The number of aliphatic hydroxyl groups excluding tert-OH is 2. The van der Waals surface area contributed by atoms with Gasteiger partial charge < -0.3 is 19.7 Å². The van der Waals surface area contributed by atoms with Crippen LogP contribution in [0.3, 0.4) is 0 Å². The van der Waals surface area contributed by atoms with E-state index < -0.39 is 12.6 Å². The SMILES string of the molecule is OCC[C@H]1OCC[C@H](O)O1. The van der Waals surface area contributed by atoms with E-state index in [4.69, 9.17) is 19.7 Å². The van der Waals surface area contributed by atoms with Gasteiger partial charge in [-0.1, -0.05) is 0 Å². The van der Waals surface area contributed by atoms with Crippen LogP contribution in [-0.2, 0) is 9.47 Å².